The summed E-state index contributed by atoms with van der Waals surface area (Å²) in [5, 5.41) is 4.15. The molecular formula is C22H25N3O3S. The highest BCUT2D eigenvalue weighted by molar-refractivity contribution is 7.92. The van der Waals surface area contributed by atoms with E-state index >= 15 is 0 Å². The predicted octanol–water partition coefficient (Wildman–Crippen LogP) is 3.91. The SMILES string of the molecule is CC(NC(=O)c1ccc2[nH]c3c(c2c1)CCCC3)c1cccc(NS(C)(=O)=O)c1. The van der Waals surface area contributed by atoms with Crippen molar-refractivity contribution in [2.24, 2.45) is 0 Å². The average molecular weight is 412 g/mol. The maximum Gasteiger partial charge on any atom is 0.251 e. The van der Waals surface area contributed by atoms with Gasteiger partial charge in [0.25, 0.3) is 5.91 Å². The first-order valence-corrected chi connectivity index (χ1v) is 11.7. The fourth-order valence-corrected chi connectivity index (χ4v) is 4.55. The zero-order valence-electron chi connectivity index (χ0n) is 16.6. The Bertz CT molecular complexity index is 1180. The van der Waals surface area contributed by atoms with Crippen molar-refractivity contribution in [1.82, 2.24) is 10.3 Å². The van der Waals surface area contributed by atoms with E-state index in [1.807, 2.05) is 31.2 Å². The number of sulfonamides is 1. The topological polar surface area (TPSA) is 91.1 Å². The van der Waals surface area contributed by atoms with Crippen LogP contribution in [0.25, 0.3) is 10.9 Å². The molecule has 0 bridgehead atoms. The Balaban J connectivity index is 1.54. The molecule has 0 spiro atoms. The van der Waals surface area contributed by atoms with Crippen LogP contribution < -0.4 is 10.0 Å². The second kappa shape index (κ2) is 7.55. The van der Waals surface area contributed by atoms with Gasteiger partial charge in [0, 0.05) is 27.8 Å². The van der Waals surface area contributed by atoms with E-state index in [9.17, 15) is 13.2 Å². The van der Waals surface area contributed by atoms with E-state index < -0.39 is 10.0 Å². The number of hydrogen-bond acceptors (Lipinski definition) is 3. The highest BCUT2D eigenvalue weighted by Gasteiger charge is 2.18. The van der Waals surface area contributed by atoms with Gasteiger partial charge in [0.05, 0.1) is 12.3 Å². The van der Waals surface area contributed by atoms with Gasteiger partial charge in [-0.3, -0.25) is 9.52 Å². The monoisotopic (exact) mass is 411 g/mol. The highest BCUT2D eigenvalue weighted by Crippen LogP contribution is 2.30. The molecule has 0 aliphatic heterocycles. The Labute approximate surface area is 170 Å². The molecular weight excluding hydrogens is 386 g/mol. The van der Waals surface area contributed by atoms with E-state index in [0.717, 1.165) is 35.6 Å². The quantitative estimate of drug-likeness (QED) is 0.594. The van der Waals surface area contributed by atoms with Crippen molar-refractivity contribution < 1.29 is 13.2 Å². The van der Waals surface area contributed by atoms with Crippen molar-refractivity contribution >= 4 is 32.5 Å². The molecule has 1 atom stereocenters. The smallest absolute Gasteiger partial charge is 0.251 e. The molecule has 7 heteroatoms. The molecule has 4 rings (SSSR count). The average Bonchev–Trinajstić information content (AvgIpc) is 3.04. The largest absolute Gasteiger partial charge is 0.358 e. The summed E-state index contributed by atoms with van der Waals surface area (Å²) < 4.78 is 25.4. The van der Waals surface area contributed by atoms with Crippen molar-refractivity contribution in [1.29, 1.82) is 0 Å². The van der Waals surface area contributed by atoms with Crippen LogP contribution in [0.4, 0.5) is 5.69 Å². The molecule has 1 heterocycles. The fraction of sp³-hybridized carbons (Fsp3) is 0.318. The van der Waals surface area contributed by atoms with Gasteiger partial charge in [0.1, 0.15) is 0 Å². The van der Waals surface area contributed by atoms with Gasteiger partial charge in [0.15, 0.2) is 0 Å². The lowest BCUT2D eigenvalue weighted by Gasteiger charge is -2.16. The van der Waals surface area contributed by atoms with Gasteiger partial charge >= 0.3 is 0 Å². The molecule has 0 saturated carbocycles. The Kier molecular flexibility index (Phi) is 5.08. The minimum absolute atomic E-state index is 0.147. The zero-order chi connectivity index (χ0) is 20.6. The van der Waals surface area contributed by atoms with Crippen molar-refractivity contribution in [3.05, 3.63) is 64.8 Å². The van der Waals surface area contributed by atoms with Crippen molar-refractivity contribution in [2.75, 3.05) is 11.0 Å². The Morgan fingerprint density at radius 2 is 1.90 bits per heavy atom. The van der Waals surface area contributed by atoms with Crippen molar-refractivity contribution in [3.8, 4) is 0 Å². The van der Waals surface area contributed by atoms with Gasteiger partial charge in [-0.25, -0.2) is 8.42 Å². The van der Waals surface area contributed by atoms with Crippen LogP contribution >= 0.6 is 0 Å². The molecule has 2 aromatic carbocycles. The lowest BCUT2D eigenvalue weighted by molar-refractivity contribution is 0.0940. The summed E-state index contributed by atoms with van der Waals surface area (Å²) in [5.41, 5.74) is 5.66. The number of aromatic nitrogens is 1. The summed E-state index contributed by atoms with van der Waals surface area (Å²) in [6, 6.07) is 12.6. The number of fused-ring (bicyclic) bond motifs is 3. The first kappa shape index (κ1) is 19.5. The normalized spacial score (nSPS) is 15.0. The Hall–Kier alpha value is -2.80. The number of aryl methyl sites for hydroxylation is 2. The lowest BCUT2D eigenvalue weighted by atomic mass is 9.95. The number of rotatable bonds is 5. The summed E-state index contributed by atoms with van der Waals surface area (Å²) in [6.07, 6.45) is 5.63. The van der Waals surface area contributed by atoms with Gasteiger partial charge in [-0.1, -0.05) is 12.1 Å². The summed E-state index contributed by atoms with van der Waals surface area (Å²) in [7, 11) is -3.35. The maximum absolute atomic E-state index is 12.8. The number of aromatic amines is 1. The third kappa shape index (κ3) is 4.29. The van der Waals surface area contributed by atoms with Crippen LogP contribution in [0.2, 0.25) is 0 Å². The number of carbonyl (C=O) groups is 1. The summed E-state index contributed by atoms with van der Waals surface area (Å²) >= 11 is 0. The molecule has 1 unspecified atom stereocenters. The molecule has 1 amide bonds. The van der Waals surface area contributed by atoms with E-state index in [1.54, 1.807) is 18.2 Å². The van der Waals surface area contributed by atoms with E-state index in [4.69, 9.17) is 0 Å². The maximum atomic E-state index is 12.8. The molecule has 0 radical (unpaired) electrons. The molecule has 3 N–H and O–H groups in total. The van der Waals surface area contributed by atoms with Gasteiger partial charge < -0.3 is 10.3 Å². The number of amides is 1. The van der Waals surface area contributed by atoms with Crippen LogP contribution in [0.1, 0.15) is 53.0 Å². The predicted molar refractivity (Wildman–Crippen MR) is 116 cm³/mol. The first-order valence-electron chi connectivity index (χ1n) is 9.82. The summed E-state index contributed by atoms with van der Waals surface area (Å²) in [4.78, 5) is 16.3. The molecule has 1 aromatic heterocycles. The minimum atomic E-state index is -3.35. The van der Waals surface area contributed by atoms with E-state index in [2.05, 4.69) is 15.0 Å². The van der Waals surface area contributed by atoms with Gasteiger partial charge in [0.2, 0.25) is 10.0 Å². The molecule has 6 nitrogen and oxygen atoms in total. The number of nitrogens with one attached hydrogen (secondary N) is 3. The second-order valence-corrected chi connectivity index (χ2v) is 9.49. The summed E-state index contributed by atoms with van der Waals surface area (Å²) in [5.74, 6) is -0.147. The third-order valence-electron chi connectivity index (χ3n) is 5.40. The molecule has 152 valence electrons. The van der Waals surface area contributed by atoms with E-state index in [1.165, 1.54) is 24.1 Å². The van der Waals surface area contributed by atoms with Crippen LogP contribution in [0, 0.1) is 0 Å². The number of carbonyl (C=O) groups excluding carboxylic acids is 1. The highest BCUT2D eigenvalue weighted by atomic mass is 32.2. The second-order valence-electron chi connectivity index (χ2n) is 7.74. The van der Waals surface area contributed by atoms with Crippen LogP contribution in [-0.2, 0) is 22.9 Å². The molecule has 29 heavy (non-hydrogen) atoms. The van der Waals surface area contributed by atoms with Crippen LogP contribution in [0.5, 0.6) is 0 Å². The number of benzene rings is 2. The summed E-state index contributed by atoms with van der Waals surface area (Å²) in [6.45, 7) is 1.88. The fourth-order valence-electron chi connectivity index (χ4n) is 4.00. The third-order valence-corrected chi connectivity index (χ3v) is 6.00. The van der Waals surface area contributed by atoms with Crippen LogP contribution in [0.15, 0.2) is 42.5 Å². The number of hydrogen-bond donors (Lipinski definition) is 3. The van der Waals surface area contributed by atoms with Crippen molar-refractivity contribution in [3.63, 3.8) is 0 Å². The molecule has 3 aromatic rings. The lowest BCUT2D eigenvalue weighted by Crippen LogP contribution is -2.26. The van der Waals surface area contributed by atoms with Crippen LogP contribution in [0.3, 0.4) is 0 Å². The number of H-pyrrole nitrogens is 1. The Morgan fingerprint density at radius 3 is 2.69 bits per heavy atom. The molecule has 0 fully saturated rings. The Morgan fingerprint density at radius 1 is 1.10 bits per heavy atom. The van der Waals surface area contributed by atoms with E-state index in [0.29, 0.717) is 11.3 Å². The van der Waals surface area contributed by atoms with E-state index in [-0.39, 0.29) is 11.9 Å². The van der Waals surface area contributed by atoms with Gasteiger partial charge in [-0.15, -0.1) is 0 Å². The number of anilines is 1. The first-order chi connectivity index (χ1) is 13.8. The minimum Gasteiger partial charge on any atom is -0.358 e. The van der Waals surface area contributed by atoms with Crippen molar-refractivity contribution in [2.45, 2.75) is 38.6 Å². The molecule has 1 aliphatic carbocycles. The zero-order valence-corrected chi connectivity index (χ0v) is 17.4. The standard InChI is InChI=1S/C22H25N3O3S/c1-14(15-6-5-7-17(12-15)25-29(2,27)28)23-22(26)16-10-11-21-19(13-16)18-8-3-4-9-20(18)24-21/h5-7,10-14,24-25H,3-4,8-9H2,1-2H3,(H,23,26). The molecule has 0 saturated heterocycles. The van der Waals surface area contributed by atoms with Crippen LogP contribution in [-0.4, -0.2) is 25.6 Å². The van der Waals surface area contributed by atoms with Gasteiger partial charge in [-0.05, 0) is 74.1 Å². The van der Waals surface area contributed by atoms with Gasteiger partial charge in [-0.2, -0.15) is 0 Å². The molecule has 1 aliphatic rings.